The molecule has 0 aliphatic carbocycles. The van der Waals surface area contributed by atoms with Crippen LogP contribution in [0.15, 0.2) is 0 Å². The summed E-state index contributed by atoms with van der Waals surface area (Å²) in [4.78, 5) is 20.2. The highest BCUT2D eigenvalue weighted by molar-refractivity contribution is 7.13. The number of hydrogen-bond acceptors (Lipinski definition) is 5. The monoisotopic (exact) mass is 347 g/mol. The summed E-state index contributed by atoms with van der Waals surface area (Å²) in [7, 11) is 0. The normalized spacial score (nSPS) is 17.7. The Kier molecular flexibility index (Phi) is 4.46. The molecule has 0 saturated heterocycles. The van der Waals surface area contributed by atoms with Crippen LogP contribution in [0.2, 0.25) is 0 Å². The lowest BCUT2D eigenvalue weighted by atomic mass is 10.1. The van der Waals surface area contributed by atoms with Gasteiger partial charge in [-0.3, -0.25) is 4.79 Å². The van der Waals surface area contributed by atoms with Crippen LogP contribution in [0, 0.1) is 6.92 Å². The number of amides is 1. The van der Waals surface area contributed by atoms with Gasteiger partial charge in [-0.2, -0.15) is 0 Å². The van der Waals surface area contributed by atoms with E-state index in [0.717, 1.165) is 27.2 Å². The van der Waals surface area contributed by atoms with Crippen molar-refractivity contribution in [2.75, 3.05) is 6.54 Å². The average Bonchev–Trinajstić information content (AvgIpc) is 3.10. The summed E-state index contributed by atoms with van der Waals surface area (Å²) in [5.41, 5.74) is 0.830. The van der Waals surface area contributed by atoms with Gasteiger partial charge in [0.05, 0.1) is 23.3 Å². The Hall–Kier alpha value is -1.76. The summed E-state index contributed by atoms with van der Waals surface area (Å²) in [6.45, 7) is 13.7. The average molecular weight is 347 g/mol. The van der Waals surface area contributed by atoms with Crippen LogP contribution in [0.1, 0.15) is 84.5 Å². The van der Waals surface area contributed by atoms with E-state index >= 15 is 0 Å². The van der Waals surface area contributed by atoms with Gasteiger partial charge in [-0.1, -0.05) is 27.7 Å². The van der Waals surface area contributed by atoms with Crippen molar-refractivity contribution in [3.8, 4) is 0 Å². The number of carbonyl (C=O) groups excluding carboxylic acids is 1. The van der Waals surface area contributed by atoms with Crippen molar-refractivity contribution in [1.29, 1.82) is 0 Å². The van der Waals surface area contributed by atoms with Crippen LogP contribution in [0.3, 0.4) is 0 Å². The van der Waals surface area contributed by atoms with Gasteiger partial charge >= 0.3 is 0 Å². The lowest BCUT2D eigenvalue weighted by Crippen LogP contribution is -2.40. The third-order valence-electron chi connectivity index (χ3n) is 4.36. The Morgan fingerprint density at radius 3 is 2.50 bits per heavy atom. The zero-order valence-electron chi connectivity index (χ0n) is 15.2. The van der Waals surface area contributed by atoms with Crippen LogP contribution < -0.4 is 0 Å². The first-order chi connectivity index (χ1) is 11.3. The van der Waals surface area contributed by atoms with Gasteiger partial charge in [0, 0.05) is 18.4 Å². The fraction of sp³-hybridized carbons (Fsp3) is 0.647. The molecule has 0 spiro atoms. The van der Waals surface area contributed by atoms with Crippen molar-refractivity contribution in [3.63, 3.8) is 0 Å². The molecule has 130 valence electrons. The molecule has 1 amide bonds. The zero-order chi connectivity index (χ0) is 17.6. The van der Waals surface area contributed by atoms with Crippen LogP contribution in [-0.4, -0.2) is 37.1 Å². The molecule has 0 bridgehead atoms. The van der Waals surface area contributed by atoms with E-state index in [1.807, 2.05) is 11.8 Å². The molecule has 1 atom stereocenters. The summed E-state index contributed by atoms with van der Waals surface area (Å²) in [5.74, 6) is 2.60. The van der Waals surface area contributed by atoms with Crippen molar-refractivity contribution in [2.24, 2.45) is 0 Å². The molecular formula is C17H25N5OS. The second-order valence-electron chi connectivity index (χ2n) is 7.16. The van der Waals surface area contributed by atoms with Gasteiger partial charge in [0.25, 0.3) is 5.91 Å². The molecule has 3 rings (SSSR count). The molecule has 2 aromatic heterocycles. The molecule has 6 nitrogen and oxygen atoms in total. The van der Waals surface area contributed by atoms with E-state index in [2.05, 4.69) is 54.4 Å². The van der Waals surface area contributed by atoms with E-state index in [0.29, 0.717) is 24.9 Å². The molecule has 0 radical (unpaired) electrons. The predicted molar refractivity (Wildman–Crippen MR) is 94.5 cm³/mol. The summed E-state index contributed by atoms with van der Waals surface area (Å²) in [6.07, 6.45) is 0. The molecular weight excluding hydrogens is 322 g/mol. The van der Waals surface area contributed by atoms with E-state index in [-0.39, 0.29) is 11.9 Å². The topological polar surface area (TPSA) is 63.9 Å². The molecule has 0 unspecified atom stereocenters. The highest BCUT2D eigenvalue weighted by Gasteiger charge is 2.31. The number of hydrogen-bond donors (Lipinski definition) is 0. The molecule has 0 fully saturated rings. The second kappa shape index (κ2) is 6.27. The molecule has 0 saturated carbocycles. The quantitative estimate of drug-likeness (QED) is 0.852. The molecule has 7 heteroatoms. The van der Waals surface area contributed by atoms with E-state index in [1.54, 1.807) is 0 Å². The van der Waals surface area contributed by atoms with E-state index in [1.165, 1.54) is 11.3 Å². The highest BCUT2D eigenvalue weighted by atomic mass is 32.1. The zero-order valence-corrected chi connectivity index (χ0v) is 16.0. The summed E-state index contributed by atoms with van der Waals surface area (Å²) in [6, 6.07) is 0.183. The maximum Gasteiger partial charge on any atom is 0.266 e. The number of aryl methyl sites for hydroxylation is 1. The van der Waals surface area contributed by atoms with Crippen molar-refractivity contribution in [3.05, 3.63) is 27.2 Å². The van der Waals surface area contributed by atoms with E-state index in [4.69, 9.17) is 0 Å². The number of aromatic nitrogens is 4. The molecule has 0 N–H and O–H groups in total. The molecule has 1 aliphatic rings. The minimum atomic E-state index is 0.0593. The molecule has 1 aliphatic heterocycles. The van der Waals surface area contributed by atoms with Gasteiger partial charge in [-0.25, -0.2) is 4.98 Å². The van der Waals surface area contributed by atoms with Crippen molar-refractivity contribution < 1.29 is 4.79 Å². The van der Waals surface area contributed by atoms with Crippen LogP contribution >= 0.6 is 11.3 Å². The minimum absolute atomic E-state index is 0.0593. The maximum absolute atomic E-state index is 13.0. The fourth-order valence-electron chi connectivity index (χ4n) is 3.12. The first-order valence-electron chi connectivity index (χ1n) is 8.49. The van der Waals surface area contributed by atoms with Crippen LogP contribution in [0.4, 0.5) is 0 Å². The van der Waals surface area contributed by atoms with Crippen molar-refractivity contribution in [1.82, 2.24) is 24.6 Å². The van der Waals surface area contributed by atoms with Gasteiger partial charge in [0.15, 0.2) is 5.82 Å². The molecule has 3 heterocycles. The van der Waals surface area contributed by atoms with Gasteiger partial charge in [-0.05, 0) is 13.8 Å². The van der Waals surface area contributed by atoms with Crippen LogP contribution in [0.25, 0.3) is 0 Å². The van der Waals surface area contributed by atoms with Crippen molar-refractivity contribution in [2.45, 2.75) is 66.0 Å². The third-order valence-corrected chi connectivity index (χ3v) is 5.80. The first kappa shape index (κ1) is 17.1. The summed E-state index contributed by atoms with van der Waals surface area (Å²) >= 11 is 1.52. The number of fused-ring (bicyclic) bond motifs is 1. The van der Waals surface area contributed by atoms with Crippen LogP contribution in [-0.2, 0) is 6.54 Å². The number of nitrogens with zero attached hydrogens (tertiary/aromatic N) is 5. The Morgan fingerprint density at radius 1 is 1.21 bits per heavy atom. The summed E-state index contributed by atoms with van der Waals surface area (Å²) in [5, 5.41) is 9.66. The third kappa shape index (κ3) is 2.85. The fourth-order valence-corrected chi connectivity index (χ4v) is 4.15. The molecule has 24 heavy (non-hydrogen) atoms. The van der Waals surface area contributed by atoms with Gasteiger partial charge in [-0.15, -0.1) is 21.5 Å². The number of rotatable bonds is 3. The lowest BCUT2D eigenvalue weighted by Gasteiger charge is -2.32. The lowest BCUT2D eigenvalue weighted by molar-refractivity contribution is 0.0683. The standard InChI is InChI=1S/C17H25N5OS/c1-9(2)15-20-19-13-8-21(7-11(5)22(13)15)17(23)14-12(6)18-16(24-14)10(3)4/h9-11H,7-8H2,1-6H3/t11-/m0/s1. The maximum atomic E-state index is 13.0. The van der Waals surface area contributed by atoms with E-state index < -0.39 is 0 Å². The first-order valence-corrected chi connectivity index (χ1v) is 9.31. The van der Waals surface area contributed by atoms with Crippen molar-refractivity contribution >= 4 is 17.2 Å². The largest absolute Gasteiger partial charge is 0.328 e. The highest BCUT2D eigenvalue weighted by Crippen LogP contribution is 2.29. The SMILES string of the molecule is Cc1nc(C(C)C)sc1C(=O)N1Cc2nnc(C(C)C)n2[C@@H](C)C1. The second-order valence-corrected chi connectivity index (χ2v) is 8.19. The Bertz CT molecular complexity index is 761. The summed E-state index contributed by atoms with van der Waals surface area (Å²) < 4.78 is 2.19. The number of thiazole rings is 1. The Labute approximate surface area is 146 Å². The number of carbonyl (C=O) groups is 1. The van der Waals surface area contributed by atoms with Gasteiger partial charge in [0.2, 0.25) is 0 Å². The molecule has 2 aromatic rings. The minimum Gasteiger partial charge on any atom is -0.328 e. The van der Waals surface area contributed by atoms with Crippen LogP contribution in [0.5, 0.6) is 0 Å². The smallest absolute Gasteiger partial charge is 0.266 e. The Morgan fingerprint density at radius 2 is 1.92 bits per heavy atom. The van der Waals surface area contributed by atoms with Gasteiger partial charge in [0.1, 0.15) is 10.7 Å². The van der Waals surface area contributed by atoms with E-state index in [9.17, 15) is 4.79 Å². The molecule has 0 aromatic carbocycles. The van der Waals surface area contributed by atoms with Gasteiger partial charge < -0.3 is 9.47 Å². The Balaban J connectivity index is 1.88. The predicted octanol–water partition coefficient (Wildman–Crippen LogP) is 3.51.